The van der Waals surface area contributed by atoms with Crippen molar-refractivity contribution in [2.75, 3.05) is 54.4 Å². The zero-order valence-electron chi connectivity index (χ0n) is 33.7. The second-order valence-corrected chi connectivity index (χ2v) is 15.6. The molecular weight excluding hydrogens is 699 g/mol. The molecule has 1 amide bonds. The average molecular weight is 754 g/mol. The van der Waals surface area contributed by atoms with Gasteiger partial charge in [-0.1, -0.05) is 64.5 Å². The lowest BCUT2D eigenvalue weighted by Gasteiger charge is -2.36. The van der Waals surface area contributed by atoms with E-state index in [-0.39, 0.29) is 17.1 Å². The molecule has 2 fully saturated rings. The summed E-state index contributed by atoms with van der Waals surface area (Å²) in [5.41, 5.74) is 10.0. The van der Waals surface area contributed by atoms with Crippen molar-refractivity contribution in [2.24, 2.45) is 10.4 Å². The van der Waals surface area contributed by atoms with Crippen molar-refractivity contribution in [3.63, 3.8) is 0 Å². The second kappa shape index (κ2) is 18.3. The number of piperazine rings is 1. The van der Waals surface area contributed by atoms with E-state index in [9.17, 15) is 9.59 Å². The third kappa shape index (κ3) is 10.4. The van der Waals surface area contributed by atoms with Gasteiger partial charge >= 0.3 is 0 Å². The molecule has 11 heteroatoms. The number of pyridine rings is 1. The van der Waals surface area contributed by atoms with Crippen LogP contribution in [0.1, 0.15) is 70.6 Å². The number of aromatic nitrogens is 3. The van der Waals surface area contributed by atoms with Crippen LogP contribution in [0.4, 0.5) is 23.0 Å². The van der Waals surface area contributed by atoms with E-state index in [2.05, 4.69) is 114 Å². The third-order valence-corrected chi connectivity index (χ3v) is 10.5. The first-order chi connectivity index (χ1) is 27.0. The van der Waals surface area contributed by atoms with E-state index in [1.165, 1.54) is 22.4 Å². The van der Waals surface area contributed by atoms with E-state index in [1.54, 1.807) is 11.2 Å². The highest BCUT2D eigenvalue weighted by molar-refractivity contribution is 5.88. The Balaban J connectivity index is 0.995. The summed E-state index contributed by atoms with van der Waals surface area (Å²) in [6.07, 6.45) is 9.84. The minimum Gasteiger partial charge on any atom is -0.368 e. The molecule has 56 heavy (non-hydrogen) atoms. The predicted octanol–water partition coefficient (Wildman–Crippen LogP) is 7.69. The normalized spacial score (nSPS) is 15.8. The van der Waals surface area contributed by atoms with Crippen molar-refractivity contribution in [1.82, 2.24) is 25.2 Å². The molecule has 2 saturated heterocycles. The molecule has 11 nitrogen and oxygen atoms in total. The molecule has 0 unspecified atom stereocenters. The van der Waals surface area contributed by atoms with Gasteiger partial charge in [0.2, 0.25) is 5.91 Å². The molecule has 4 aromatic rings. The fraction of sp³-hybridized carbons (Fsp3) is 0.400. The number of rotatable bonds is 13. The molecule has 4 heterocycles. The van der Waals surface area contributed by atoms with Crippen LogP contribution in [0, 0.1) is 12.3 Å². The first-order valence-corrected chi connectivity index (χ1v) is 19.8. The van der Waals surface area contributed by atoms with Crippen LogP contribution in [0.2, 0.25) is 0 Å². The van der Waals surface area contributed by atoms with Gasteiger partial charge in [0.05, 0.1) is 17.6 Å². The minimum absolute atomic E-state index is 0.0131. The zero-order valence-corrected chi connectivity index (χ0v) is 33.7. The van der Waals surface area contributed by atoms with Crippen molar-refractivity contribution in [3.05, 3.63) is 107 Å². The van der Waals surface area contributed by atoms with Gasteiger partial charge in [-0.15, -0.1) is 0 Å². The van der Waals surface area contributed by atoms with Gasteiger partial charge in [0.1, 0.15) is 18.0 Å². The van der Waals surface area contributed by atoms with Gasteiger partial charge in [0.25, 0.3) is 0 Å². The maximum Gasteiger partial charge on any atom is 0.227 e. The zero-order chi connectivity index (χ0) is 39.7. The third-order valence-electron chi connectivity index (χ3n) is 10.5. The van der Waals surface area contributed by atoms with Crippen LogP contribution in [0.3, 0.4) is 0 Å². The number of aliphatic imine (C=N–C) groups is 1. The molecule has 0 aliphatic carbocycles. The van der Waals surface area contributed by atoms with Gasteiger partial charge < -0.3 is 20.4 Å². The highest BCUT2D eigenvalue weighted by atomic mass is 16.2. The highest BCUT2D eigenvalue weighted by Crippen LogP contribution is 2.29. The number of allylic oxidation sites excluding steroid dienone is 2. The summed E-state index contributed by atoms with van der Waals surface area (Å²) in [5, 5.41) is 5.97. The van der Waals surface area contributed by atoms with Gasteiger partial charge in [-0.05, 0) is 73.7 Å². The Morgan fingerprint density at radius 3 is 2.38 bits per heavy atom. The highest BCUT2D eigenvalue weighted by Gasteiger charge is 2.23. The van der Waals surface area contributed by atoms with Crippen molar-refractivity contribution in [1.29, 1.82) is 0 Å². The van der Waals surface area contributed by atoms with Crippen LogP contribution >= 0.6 is 0 Å². The molecule has 2 aromatic heterocycles. The number of amides is 1. The van der Waals surface area contributed by atoms with E-state index >= 15 is 0 Å². The number of hydrogen-bond donors (Lipinski definition) is 2. The molecule has 292 valence electrons. The maximum atomic E-state index is 11.6. The summed E-state index contributed by atoms with van der Waals surface area (Å²) in [6, 6.07) is 20.9. The van der Waals surface area contributed by atoms with Crippen molar-refractivity contribution >= 4 is 40.6 Å². The minimum atomic E-state index is -0.152. The van der Waals surface area contributed by atoms with Gasteiger partial charge in [0.15, 0.2) is 11.8 Å². The van der Waals surface area contributed by atoms with Crippen LogP contribution in [-0.4, -0.2) is 76.7 Å². The molecule has 0 spiro atoms. The van der Waals surface area contributed by atoms with Crippen LogP contribution in [0.25, 0.3) is 11.3 Å². The summed E-state index contributed by atoms with van der Waals surface area (Å²) >= 11 is 0. The Morgan fingerprint density at radius 2 is 1.71 bits per heavy atom. The SMILES string of the molecule is C/C=C(\N=C(/CCC)Cc1ccc(-c2cc(Nc3ccc(N4CCN(CCc5ccc(N6CCC(=O)NC6=C=O)cc5)CC4)cn3)ncn2)cc1C)C(C)(C)C. The summed E-state index contributed by atoms with van der Waals surface area (Å²) < 4.78 is 0. The molecule has 0 bridgehead atoms. The van der Waals surface area contributed by atoms with Crippen LogP contribution < -0.4 is 20.4 Å². The standard InChI is InChI=1S/C45H55N9O2/c1-7-9-36(49-40(8-2)45(4,5)6)27-34-12-13-35(26-32(34)3)39-28-42(48-31-47-39)50-41-17-16-38(29-46-41)53-24-22-52(23-25-53)20-18-33-10-14-37(15-11-33)54-21-19-44(56)51-43(54)30-55/h8,10-17,26,28-29,31H,7,9,18-25,27H2,1-6H3,(H,51,56)(H,46,47,48,50)/b40-8-,49-36+. The van der Waals surface area contributed by atoms with Gasteiger partial charge in [0, 0.05) is 86.3 Å². The summed E-state index contributed by atoms with van der Waals surface area (Å²) in [5.74, 6) is 3.31. The smallest absolute Gasteiger partial charge is 0.227 e. The molecule has 2 N–H and O–H groups in total. The van der Waals surface area contributed by atoms with Gasteiger partial charge in [-0.25, -0.2) is 19.7 Å². The molecule has 0 saturated carbocycles. The van der Waals surface area contributed by atoms with E-state index < -0.39 is 0 Å². The first-order valence-electron chi connectivity index (χ1n) is 19.8. The van der Waals surface area contributed by atoms with E-state index in [0.29, 0.717) is 18.8 Å². The summed E-state index contributed by atoms with van der Waals surface area (Å²) in [4.78, 5) is 48.6. The Bertz CT molecular complexity index is 2090. The Labute approximate surface area is 331 Å². The monoisotopic (exact) mass is 753 g/mol. The van der Waals surface area contributed by atoms with Gasteiger partial charge in [-0.2, -0.15) is 0 Å². The van der Waals surface area contributed by atoms with Gasteiger partial charge in [-0.3, -0.25) is 14.7 Å². The van der Waals surface area contributed by atoms with Crippen molar-refractivity contribution in [2.45, 2.75) is 73.6 Å². The average Bonchev–Trinajstić information content (AvgIpc) is 3.20. The van der Waals surface area contributed by atoms with Crippen molar-refractivity contribution < 1.29 is 9.59 Å². The molecule has 2 aliphatic heterocycles. The number of carbonyl (C=O) groups excluding carboxylic acids is 2. The van der Waals surface area contributed by atoms with E-state index in [1.807, 2.05) is 36.4 Å². The second-order valence-electron chi connectivity index (χ2n) is 15.6. The fourth-order valence-electron chi connectivity index (χ4n) is 7.23. The maximum absolute atomic E-state index is 11.6. The molecule has 2 aliphatic rings. The summed E-state index contributed by atoms with van der Waals surface area (Å²) in [6.45, 7) is 18.4. The number of hydrogen-bond acceptors (Lipinski definition) is 10. The molecule has 0 radical (unpaired) electrons. The molecule has 0 atom stereocenters. The number of nitrogens with zero attached hydrogens (tertiary/aromatic N) is 7. The van der Waals surface area contributed by atoms with Crippen LogP contribution in [0.15, 0.2) is 95.8 Å². The fourth-order valence-corrected chi connectivity index (χ4v) is 7.23. The lowest BCUT2D eigenvalue weighted by Crippen LogP contribution is -2.47. The number of carbonyl (C=O) groups is 1. The lowest BCUT2D eigenvalue weighted by atomic mass is 9.91. The number of aryl methyl sites for hydroxylation is 1. The Morgan fingerprint density at radius 1 is 0.946 bits per heavy atom. The largest absolute Gasteiger partial charge is 0.368 e. The van der Waals surface area contributed by atoms with Crippen LogP contribution in [-0.2, 0) is 22.4 Å². The number of nitrogens with one attached hydrogen (secondary N) is 2. The quantitative estimate of drug-likeness (QED) is 0.105. The first kappa shape index (κ1) is 40.0. The predicted molar refractivity (Wildman–Crippen MR) is 227 cm³/mol. The number of anilines is 4. The molecular formula is C45H55N9O2. The van der Waals surface area contributed by atoms with Crippen molar-refractivity contribution in [3.8, 4) is 11.3 Å². The lowest BCUT2D eigenvalue weighted by molar-refractivity contribution is -0.120. The van der Waals surface area contributed by atoms with Crippen LogP contribution in [0.5, 0.6) is 0 Å². The van der Waals surface area contributed by atoms with E-state index in [0.717, 1.165) is 92.6 Å². The number of benzene rings is 2. The molecule has 2 aromatic carbocycles. The Hall–Kier alpha value is -5.64. The summed E-state index contributed by atoms with van der Waals surface area (Å²) in [7, 11) is 0. The molecule has 6 rings (SSSR count). The Kier molecular flexibility index (Phi) is 13.1. The van der Waals surface area contributed by atoms with E-state index in [4.69, 9.17) is 9.98 Å². The topological polar surface area (TPSA) is 119 Å².